The van der Waals surface area contributed by atoms with E-state index in [9.17, 15) is 4.79 Å². The second-order valence-corrected chi connectivity index (χ2v) is 9.98. The first-order chi connectivity index (χ1) is 18.8. The third-order valence-electron chi connectivity index (χ3n) is 6.36. The van der Waals surface area contributed by atoms with Crippen molar-refractivity contribution >= 4 is 5.97 Å². The van der Waals surface area contributed by atoms with Crippen LogP contribution in [0.1, 0.15) is 123 Å². The lowest BCUT2D eigenvalue weighted by Gasteiger charge is -2.08. The zero-order valence-electron chi connectivity index (χ0n) is 25.2. The predicted octanol–water partition coefficient (Wildman–Crippen LogP) is 7.28. The van der Waals surface area contributed by atoms with E-state index < -0.39 is 0 Å². The molecular formula is C31H62O7. The molecule has 7 nitrogen and oxygen atoms in total. The summed E-state index contributed by atoms with van der Waals surface area (Å²) in [7, 11) is 0. The van der Waals surface area contributed by atoms with Gasteiger partial charge in [0, 0.05) is 13.0 Å². The lowest BCUT2D eigenvalue weighted by Crippen LogP contribution is -2.15. The van der Waals surface area contributed by atoms with Crippen LogP contribution >= 0.6 is 0 Å². The molecule has 0 heterocycles. The fourth-order valence-electron chi connectivity index (χ4n) is 4.01. The fourth-order valence-corrected chi connectivity index (χ4v) is 4.01. The van der Waals surface area contributed by atoms with Crippen LogP contribution in [0.5, 0.6) is 0 Å². The number of hydrogen-bond acceptors (Lipinski definition) is 7. The Morgan fingerprint density at radius 3 is 1.11 bits per heavy atom. The molecule has 0 aromatic rings. The van der Waals surface area contributed by atoms with Crippen LogP contribution in [0.15, 0.2) is 0 Å². The Morgan fingerprint density at radius 1 is 0.368 bits per heavy atom. The highest BCUT2D eigenvalue weighted by molar-refractivity contribution is 5.69. The second-order valence-electron chi connectivity index (χ2n) is 9.98. The highest BCUT2D eigenvalue weighted by atomic mass is 16.6. The molecule has 0 saturated heterocycles. The van der Waals surface area contributed by atoms with E-state index in [1.807, 2.05) is 0 Å². The van der Waals surface area contributed by atoms with E-state index in [2.05, 4.69) is 13.8 Å². The first kappa shape index (κ1) is 37.3. The van der Waals surface area contributed by atoms with Gasteiger partial charge in [0.05, 0.1) is 59.5 Å². The lowest BCUT2D eigenvalue weighted by molar-refractivity contribution is -0.145. The van der Waals surface area contributed by atoms with Crippen molar-refractivity contribution in [1.29, 1.82) is 0 Å². The van der Waals surface area contributed by atoms with Crippen LogP contribution in [0.2, 0.25) is 0 Å². The molecule has 0 aliphatic rings. The average molecular weight is 547 g/mol. The van der Waals surface area contributed by atoms with E-state index in [-0.39, 0.29) is 5.97 Å². The number of carbonyl (C=O) groups is 1. The van der Waals surface area contributed by atoms with E-state index >= 15 is 0 Å². The molecule has 0 spiro atoms. The Hall–Kier alpha value is -0.730. The van der Waals surface area contributed by atoms with Crippen LogP contribution < -0.4 is 0 Å². The number of esters is 1. The molecule has 0 saturated carbocycles. The summed E-state index contributed by atoms with van der Waals surface area (Å²) in [6.45, 7) is 10.4. The Bertz CT molecular complexity index is 448. The number of rotatable bonds is 33. The van der Waals surface area contributed by atoms with Gasteiger partial charge >= 0.3 is 5.97 Å². The maximum absolute atomic E-state index is 11.6. The molecule has 7 heteroatoms. The average Bonchev–Trinajstić information content (AvgIpc) is 2.92. The summed E-state index contributed by atoms with van der Waals surface area (Å²) in [5, 5.41) is 0. The van der Waals surface area contributed by atoms with E-state index in [1.165, 1.54) is 83.5 Å². The second kappa shape index (κ2) is 34.3. The van der Waals surface area contributed by atoms with Gasteiger partial charge in [-0.2, -0.15) is 0 Å². The van der Waals surface area contributed by atoms with Gasteiger partial charge in [-0.05, 0) is 12.8 Å². The monoisotopic (exact) mass is 546 g/mol. The highest BCUT2D eigenvalue weighted by Gasteiger charge is 2.02. The van der Waals surface area contributed by atoms with E-state index in [0.29, 0.717) is 72.5 Å². The van der Waals surface area contributed by atoms with Crippen molar-refractivity contribution in [1.82, 2.24) is 0 Å². The number of hydrogen-bond donors (Lipinski definition) is 0. The topological polar surface area (TPSA) is 72.5 Å². The largest absolute Gasteiger partial charge is 0.463 e. The summed E-state index contributed by atoms with van der Waals surface area (Å²) in [5.41, 5.74) is 0. The maximum Gasteiger partial charge on any atom is 0.305 e. The number of carbonyl (C=O) groups excluding carboxylic acids is 1. The smallest absolute Gasteiger partial charge is 0.305 e. The molecule has 228 valence electrons. The Balaban J connectivity index is 3.08. The van der Waals surface area contributed by atoms with Crippen molar-refractivity contribution in [3.63, 3.8) is 0 Å². The lowest BCUT2D eigenvalue weighted by atomic mass is 10.1. The van der Waals surface area contributed by atoms with Gasteiger partial charge in [-0.1, -0.05) is 104 Å². The molecule has 0 atom stereocenters. The SMILES string of the molecule is CCCCCCCCCCCCCOCCOCCOCCOCCOCCOC(=O)CCCCCCC. The highest BCUT2D eigenvalue weighted by Crippen LogP contribution is 2.11. The van der Waals surface area contributed by atoms with Crippen molar-refractivity contribution in [3.05, 3.63) is 0 Å². The maximum atomic E-state index is 11.6. The van der Waals surface area contributed by atoms with Crippen molar-refractivity contribution in [2.75, 3.05) is 72.7 Å². The minimum atomic E-state index is -0.130. The predicted molar refractivity (Wildman–Crippen MR) is 155 cm³/mol. The van der Waals surface area contributed by atoms with Gasteiger partial charge in [0.15, 0.2) is 0 Å². The molecule has 0 rings (SSSR count). The van der Waals surface area contributed by atoms with Gasteiger partial charge in [0.25, 0.3) is 0 Å². The van der Waals surface area contributed by atoms with Crippen LogP contribution in [0, 0.1) is 0 Å². The van der Waals surface area contributed by atoms with E-state index in [1.54, 1.807) is 0 Å². The molecule has 0 fully saturated rings. The molecule has 0 bridgehead atoms. The molecule has 0 aliphatic carbocycles. The van der Waals surface area contributed by atoms with Crippen LogP contribution in [-0.4, -0.2) is 78.6 Å². The molecule has 0 aromatic carbocycles. The van der Waals surface area contributed by atoms with Gasteiger partial charge in [-0.3, -0.25) is 4.79 Å². The first-order valence-corrected chi connectivity index (χ1v) is 15.9. The van der Waals surface area contributed by atoms with Crippen LogP contribution in [0.4, 0.5) is 0 Å². The minimum absolute atomic E-state index is 0.130. The van der Waals surface area contributed by atoms with Gasteiger partial charge < -0.3 is 28.4 Å². The molecule has 38 heavy (non-hydrogen) atoms. The van der Waals surface area contributed by atoms with Gasteiger partial charge in [-0.25, -0.2) is 0 Å². The van der Waals surface area contributed by atoms with Gasteiger partial charge in [0.2, 0.25) is 0 Å². The molecular weight excluding hydrogens is 484 g/mol. The van der Waals surface area contributed by atoms with Crippen LogP contribution in [0.25, 0.3) is 0 Å². The molecule has 0 aliphatic heterocycles. The zero-order valence-corrected chi connectivity index (χ0v) is 25.2. The van der Waals surface area contributed by atoms with Crippen molar-refractivity contribution < 1.29 is 33.2 Å². The van der Waals surface area contributed by atoms with Crippen molar-refractivity contribution in [2.45, 2.75) is 123 Å². The molecule has 0 unspecified atom stereocenters. The van der Waals surface area contributed by atoms with Crippen LogP contribution in [0.3, 0.4) is 0 Å². The third-order valence-corrected chi connectivity index (χ3v) is 6.36. The minimum Gasteiger partial charge on any atom is -0.463 e. The number of ether oxygens (including phenoxy) is 6. The molecule has 0 aromatic heterocycles. The Kier molecular flexibility index (Phi) is 33.6. The van der Waals surface area contributed by atoms with Crippen LogP contribution in [-0.2, 0) is 33.2 Å². The third kappa shape index (κ3) is 33.3. The summed E-state index contributed by atoms with van der Waals surface area (Å²) < 4.78 is 32.7. The first-order valence-electron chi connectivity index (χ1n) is 15.9. The van der Waals surface area contributed by atoms with Gasteiger partial charge in [-0.15, -0.1) is 0 Å². The summed E-state index contributed by atoms with van der Waals surface area (Å²) in [6.07, 6.45) is 21.1. The van der Waals surface area contributed by atoms with Gasteiger partial charge in [0.1, 0.15) is 6.61 Å². The van der Waals surface area contributed by atoms with E-state index in [0.717, 1.165) is 25.9 Å². The summed E-state index contributed by atoms with van der Waals surface area (Å²) in [5.74, 6) is -0.130. The Labute approximate surface area is 235 Å². The molecule has 0 N–H and O–H groups in total. The standard InChI is InChI=1S/C31H62O7/c1-3-5-7-9-10-11-12-13-14-16-18-20-33-21-22-34-23-24-35-25-26-36-27-28-37-29-30-38-31(32)19-17-15-8-6-4-2/h3-30H2,1-2H3. The van der Waals surface area contributed by atoms with Crippen molar-refractivity contribution in [3.8, 4) is 0 Å². The molecule has 0 amide bonds. The Morgan fingerprint density at radius 2 is 0.684 bits per heavy atom. The quantitative estimate of drug-likeness (QED) is 0.0632. The summed E-state index contributed by atoms with van der Waals surface area (Å²) >= 11 is 0. The fraction of sp³-hybridized carbons (Fsp3) is 0.968. The summed E-state index contributed by atoms with van der Waals surface area (Å²) in [6, 6.07) is 0. The molecule has 0 radical (unpaired) electrons. The van der Waals surface area contributed by atoms with Crippen molar-refractivity contribution in [2.24, 2.45) is 0 Å². The van der Waals surface area contributed by atoms with E-state index in [4.69, 9.17) is 28.4 Å². The normalized spacial score (nSPS) is 11.3. The zero-order chi connectivity index (χ0) is 27.6. The summed E-state index contributed by atoms with van der Waals surface area (Å²) in [4.78, 5) is 11.6. The number of unbranched alkanes of at least 4 members (excludes halogenated alkanes) is 14.